The van der Waals surface area contributed by atoms with Crippen LogP contribution in [0.2, 0.25) is 0 Å². The van der Waals surface area contributed by atoms with Gasteiger partial charge in [0.25, 0.3) is 0 Å². The van der Waals surface area contributed by atoms with Crippen molar-refractivity contribution in [3.05, 3.63) is 225 Å². The molecule has 0 amide bonds. The Bertz CT molecular complexity index is 3330. The van der Waals surface area contributed by atoms with E-state index in [0.717, 1.165) is 61.5 Å². The van der Waals surface area contributed by atoms with Crippen LogP contribution in [0.4, 0.5) is 17.1 Å². The second-order valence-electron chi connectivity index (χ2n) is 15.9. The summed E-state index contributed by atoms with van der Waals surface area (Å²) in [4.78, 5) is 7.36. The molecule has 0 saturated carbocycles. The first-order valence-corrected chi connectivity index (χ1v) is 21.2. The molecule has 0 fully saturated rings. The molecule has 11 rings (SSSR count). The monoisotopic (exact) mass is 991 g/mol. The Labute approximate surface area is 382 Å². The van der Waals surface area contributed by atoms with Crippen LogP contribution in [-0.2, 0) is 21.1 Å². The fourth-order valence-electron chi connectivity index (χ4n) is 8.97. The van der Waals surface area contributed by atoms with Gasteiger partial charge in [0.15, 0.2) is 17.4 Å². The van der Waals surface area contributed by atoms with Gasteiger partial charge in [-0.25, -0.2) is 14.1 Å². The van der Waals surface area contributed by atoms with E-state index in [1.54, 1.807) is 0 Å². The van der Waals surface area contributed by atoms with E-state index in [-0.39, 0.29) is 21.1 Å². The summed E-state index contributed by atoms with van der Waals surface area (Å²) < 4.78 is 6.83. The Hall–Kier alpha value is -7.33. The number of pyridine rings is 1. The van der Waals surface area contributed by atoms with Crippen molar-refractivity contribution in [2.75, 3.05) is 4.90 Å². The summed E-state index contributed by atoms with van der Waals surface area (Å²) in [6.07, 6.45) is 4.13. The Balaban J connectivity index is 0.00000471. The number of nitrogens with zero attached hydrogens (tertiary/aromatic N) is 5. The van der Waals surface area contributed by atoms with E-state index in [2.05, 4.69) is 251 Å². The number of hydrogen-bond acceptors (Lipinski definition) is 2. The molecule has 0 spiro atoms. The molecule has 0 radical (unpaired) electrons. The Kier molecular flexibility index (Phi) is 10.6. The number of benzene rings is 8. The van der Waals surface area contributed by atoms with E-state index in [1.165, 1.54) is 33.3 Å². The number of imidazole rings is 1. The summed E-state index contributed by atoms with van der Waals surface area (Å²) in [6.45, 7) is 4.44. The normalized spacial score (nSPS) is 11.3. The molecule has 0 unspecified atom stereocenters. The maximum absolute atomic E-state index is 5.11. The number of aromatic nitrogens is 4. The zero-order valence-corrected chi connectivity index (χ0v) is 37.1. The van der Waals surface area contributed by atoms with Crippen LogP contribution in [0.15, 0.2) is 213 Å². The van der Waals surface area contributed by atoms with Crippen molar-refractivity contribution in [1.29, 1.82) is 0 Å². The van der Waals surface area contributed by atoms with Crippen LogP contribution in [-0.4, -0.2) is 18.7 Å². The number of hydrogen-bond donors (Lipinski definition) is 0. The average Bonchev–Trinajstić information content (AvgIpc) is 3.89. The molecular weight excluding hydrogens is 950 g/mol. The van der Waals surface area contributed by atoms with Gasteiger partial charge in [0.2, 0.25) is 0 Å². The predicted octanol–water partition coefficient (Wildman–Crippen LogP) is 14.9. The summed E-state index contributed by atoms with van der Waals surface area (Å²) in [5.41, 5.74) is 15.0. The molecule has 0 aliphatic heterocycles. The van der Waals surface area contributed by atoms with Crippen LogP contribution in [0.25, 0.3) is 77.7 Å². The first kappa shape index (κ1) is 39.8. The molecule has 3 heterocycles. The van der Waals surface area contributed by atoms with Gasteiger partial charge in [-0.1, -0.05) is 138 Å². The van der Waals surface area contributed by atoms with Gasteiger partial charge in [-0.2, -0.15) is 12.1 Å². The van der Waals surface area contributed by atoms with E-state index in [0.29, 0.717) is 6.04 Å². The Morgan fingerprint density at radius 1 is 0.524 bits per heavy atom. The van der Waals surface area contributed by atoms with Crippen molar-refractivity contribution in [1.82, 2.24) is 18.7 Å². The molecule has 0 aliphatic carbocycles. The molecule has 6 heteroatoms. The third kappa shape index (κ3) is 7.15. The standard InChI is InChI=1S/C57H42N5.Pt/c1-40(2)59-39-60(54-31-15-14-30-53(54)59)45-24-16-25-46(37-45)61(44-22-10-5-11-23-44)47-32-33-51-50-26-12-13-29-52(50)62(55(51)38-47)56-36-43(34-35-58-56)57-48(41-18-6-3-7-19-41)27-17-28-49(57)42-20-8-4-9-21-42;/h3-36,39-40H,1-2H3;/q-1;. The van der Waals surface area contributed by atoms with Gasteiger partial charge in [0.05, 0.1) is 6.04 Å². The van der Waals surface area contributed by atoms with Crippen LogP contribution in [0.5, 0.6) is 0 Å². The second-order valence-corrected chi connectivity index (χ2v) is 15.9. The van der Waals surface area contributed by atoms with Gasteiger partial charge >= 0.3 is 0 Å². The van der Waals surface area contributed by atoms with E-state index in [9.17, 15) is 0 Å². The minimum Gasteiger partial charge on any atom is -0.358 e. The zero-order chi connectivity index (χ0) is 41.6. The number of para-hydroxylation sites is 4. The molecule has 8 aromatic carbocycles. The second kappa shape index (κ2) is 16.9. The van der Waals surface area contributed by atoms with E-state index in [1.807, 2.05) is 6.20 Å². The molecule has 306 valence electrons. The zero-order valence-electron chi connectivity index (χ0n) is 34.8. The molecule has 0 bridgehead atoms. The van der Waals surface area contributed by atoms with Crippen LogP contribution in [0.1, 0.15) is 19.9 Å². The average molecular weight is 992 g/mol. The number of fused-ring (bicyclic) bond motifs is 4. The van der Waals surface area contributed by atoms with Gasteiger partial charge in [-0.3, -0.25) is 0 Å². The van der Waals surface area contributed by atoms with Crippen LogP contribution < -0.4 is 4.90 Å². The molecule has 3 aromatic heterocycles. The van der Waals surface area contributed by atoms with Crippen molar-refractivity contribution in [3.8, 4) is 44.9 Å². The molecule has 63 heavy (non-hydrogen) atoms. The van der Waals surface area contributed by atoms with Crippen molar-refractivity contribution >= 4 is 49.9 Å². The SMILES string of the molecule is CC(C)n1[cH+]n(-c2[c-]c(N(c3[c-]c4c(cc3)c3ccccc3n4-c3cc(-c4c(-c5ccccc5)cccc4-c4ccccc4)ccn3)c3ccccc3)ccc2)c2ccccc21.[Pt]. The largest absolute Gasteiger partial charge is 0.358 e. The molecule has 0 aliphatic rings. The predicted molar refractivity (Wildman–Crippen MR) is 257 cm³/mol. The minimum absolute atomic E-state index is 0. The summed E-state index contributed by atoms with van der Waals surface area (Å²) in [7, 11) is 0. The number of rotatable bonds is 9. The fourth-order valence-corrected chi connectivity index (χ4v) is 8.97. The Morgan fingerprint density at radius 2 is 1.13 bits per heavy atom. The summed E-state index contributed by atoms with van der Waals surface area (Å²) in [5.74, 6) is 0.821. The van der Waals surface area contributed by atoms with Gasteiger partial charge in [0, 0.05) is 56.3 Å². The Morgan fingerprint density at radius 3 is 1.83 bits per heavy atom. The molecule has 0 atom stereocenters. The van der Waals surface area contributed by atoms with Crippen molar-refractivity contribution < 1.29 is 21.1 Å². The molecule has 5 nitrogen and oxygen atoms in total. The first-order chi connectivity index (χ1) is 30.6. The summed E-state index contributed by atoms with van der Waals surface area (Å²) in [6, 6.07) is 78.8. The topological polar surface area (TPSA) is 30.9 Å². The third-order valence-corrected chi connectivity index (χ3v) is 11.8. The molecule has 0 saturated heterocycles. The summed E-state index contributed by atoms with van der Waals surface area (Å²) >= 11 is 0. The van der Waals surface area contributed by atoms with Crippen molar-refractivity contribution in [2.45, 2.75) is 19.9 Å². The maximum atomic E-state index is 5.11. The third-order valence-electron chi connectivity index (χ3n) is 11.8. The molecular formula is C57H42N5Pt-. The van der Waals surface area contributed by atoms with Gasteiger partial charge in [-0.05, 0) is 95.1 Å². The molecule has 0 N–H and O–H groups in total. The maximum Gasteiger partial charge on any atom is 0.188 e. The smallest absolute Gasteiger partial charge is 0.188 e. The fraction of sp³-hybridized carbons (Fsp3) is 0.0526. The first-order valence-electron chi connectivity index (χ1n) is 21.2. The molecule has 11 aromatic rings. The van der Waals surface area contributed by atoms with Crippen LogP contribution in [0.3, 0.4) is 0 Å². The minimum atomic E-state index is 0. The quantitative estimate of drug-likeness (QED) is 0.135. The van der Waals surface area contributed by atoms with Gasteiger partial charge in [-0.15, -0.1) is 29.7 Å². The van der Waals surface area contributed by atoms with Crippen LogP contribution >= 0.6 is 0 Å². The number of anilines is 3. The van der Waals surface area contributed by atoms with E-state index < -0.39 is 0 Å². The summed E-state index contributed by atoms with van der Waals surface area (Å²) in [5, 5.41) is 2.25. The van der Waals surface area contributed by atoms with E-state index >= 15 is 0 Å². The van der Waals surface area contributed by atoms with Gasteiger partial charge < -0.3 is 9.47 Å². The van der Waals surface area contributed by atoms with Crippen molar-refractivity contribution in [2.24, 2.45) is 0 Å². The van der Waals surface area contributed by atoms with Crippen LogP contribution in [0, 0.1) is 12.1 Å². The van der Waals surface area contributed by atoms with Crippen molar-refractivity contribution in [3.63, 3.8) is 0 Å². The van der Waals surface area contributed by atoms with E-state index in [4.69, 9.17) is 4.98 Å². The van der Waals surface area contributed by atoms with Gasteiger partial charge in [0.1, 0.15) is 5.82 Å².